The minimum absolute atomic E-state index is 0.402. The molecule has 0 N–H and O–H groups in total. The standard InChI is InChI=1S/C20H22O4/c1-3-13-7-4-10-15-17(13)22-20-16-11-5-8-14(9-6-12-21-2)18(16)23-19(15)24-20/h4-5,7-8,10-11,19-20H,3,6,9,12H2,1-2H3. The van der Waals surface area contributed by atoms with Gasteiger partial charge in [0.05, 0.1) is 11.1 Å². The molecule has 4 nitrogen and oxygen atoms in total. The molecule has 2 bridgehead atoms. The van der Waals surface area contributed by atoms with E-state index < -0.39 is 12.6 Å². The average molecular weight is 326 g/mol. The lowest BCUT2D eigenvalue weighted by atomic mass is 10.00. The highest BCUT2D eigenvalue weighted by Gasteiger charge is 2.39. The third-order valence-corrected chi connectivity index (χ3v) is 4.63. The summed E-state index contributed by atoms with van der Waals surface area (Å²) in [6.07, 6.45) is 2.00. The van der Waals surface area contributed by atoms with E-state index in [-0.39, 0.29) is 0 Å². The Morgan fingerprint density at radius 3 is 2.17 bits per heavy atom. The van der Waals surface area contributed by atoms with E-state index in [2.05, 4.69) is 19.1 Å². The predicted octanol–water partition coefficient (Wildman–Crippen LogP) is 4.33. The number of fused-ring (bicyclic) bond motifs is 6. The van der Waals surface area contributed by atoms with E-state index >= 15 is 0 Å². The maximum absolute atomic E-state index is 6.25. The number of para-hydroxylation sites is 2. The molecule has 0 radical (unpaired) electrons. The molecule has 0 spiro atoms. The number of benzene rings is 2. The first-order valence-corrected chi connectivity index (χ1v) is 8.53. The highest BCUT2D eigenvalue weighted by atomic mass is 16.8. The van der Waals surface area contributed by atoms with Crippen LogP contribution in [0.25, 0.3) is 0 Å². The molecule has 0 aliphatic carbocycles. The zero-order valence-corrected chi connectivity index (χ0v) is 14.1. The number of rotatable bonds is 5. The van der Waals surface area contributed by atoms with Crippen molar-refractivity contribution < 1.29 is 18.9 Å². The van der Waals surface area contributed by atoms with Crippen LogP contribution in [0.15, 0.2) is 36.4 Å². The van der Waals surface area contributed by atoms with Crippen molar-refractivity contribution in [3.8, 4) is 11.5 Å². The smallest absolute Gasteiger partial charge is 0.233 e. The van der Waals surface area contributed by atoms with Crippen molar-refractivity contribution in [2.24, 2.45) is 0 Å². The van der Waals surface area contributed by atoms with Crippen LogP contribution in [0.4, 0.5) is 0 Å². The van der Waals surface area contributed by atoms with Gasteiger partial charge in [-0.3, -0.25) is 4.74 Å². The van der Waals surface area contributed by atoms with E-state index in [4.69, 9.17) is 18.9 Å². The van der Waals surface area contributed by atoms with Crippen LogP contribution >= 0.6 is 0 Å². The lowest BCUT2D eigenvalue weighted by Gasteiger charge is -2.39. The van der Waals surface area contributed by atoms with Crippen LogP contribution in [0.5, 0.6) is 11.5 Å². The molecule has 0 saturated heterocycles. The summed E-state index contributed by atoms with van der Waals surface area (Å²) in [7, 11) is 1.73. The molecule has 24 heavy (non-hydrogen) atoms. The molecule has 0 saturated carbocycles. The Morgan fingerprint density at radius 2 is 1.54 bits per heavy atom. The second-order valence-electron chi connectivity index (χ2n) is 6.16. The van der Waals surface area contributed by atoms with Crippen molar-refractivity contribution in [3.63, 3.8) is 0 Å². The zero-order chi connectivity index (χ0) is 16.5. The van der Waals surface area contributed by atoms with Crippen LogP contribution in [0.3, 0.4) is 0 Å². The van der Waals surface area contributed by atoms with Crippen molar-refractivity contribution in [2.45, 2.75) is 38.8 Å². The minimum atomic E-state index is -0.402. The highest BCUT2D eigenvalue weighted by molar-refractivity contribution is 5.49. The lowest BCUT2D eigenvalue weighted by Crippen LogP contribution is -2.31. The first-order valence-electron chi connectivity index (χ1n) is 8.53. The van der Waals surface area contributed by atoms with Crippen molar-refractivity contribution in [1.82, 2.24) is 0 Å². The van der Waals surface area contributed by atoms with Gasteiger partial charge in [0.2, 0.25) is 12.6 Å². The Bertz CT molecular complexity index is 740. The number of methoxy groups -OCH3 is 1. The number of hydrogen-bond donors (Lipinski definition) is 0. The maximum Gasteiger partial charge on any atom is 0.233 e. The van der Waals surface area contributed by atoms with E-state index in [1.807, 2.05) is 24.3 Å². The second-order valence-corrected chi connectivity index (χ2v) is 6.16. The Labute approximate surface area is 142 Å². The summed E-state index contributed by atoms with van der Waals surface area (Å²) in [6, 6.07) is 12.3. The fourth-order valence-corrected chi connectivity index (χ4v) is 3.41. The lowest BCUT2D eigenvalue weighted by molar-refractivity contribution is -0.228. The molecule has 2 atom stereocenters. The van der Waals surface area contributed by atoms with Gasteiger partial charge in [-0.25, -0.2) is 0 Å². The Morgan fingerprint density at radius 1 is 0.917 bits per heavy atom. The predicted molar refractivity (Wildman–Crippen MR) is 90.3 cm³/mol. The van der Waals surface area contributed by atoms with Crippen LogP contribution in [-0.4, -0.2) is 13.7 Å². The van der Waals surface area contributed by atoms with Crippen molar-refractivity contribution in [3.05, 3.63) is 58.7 Å². The fourth-order valence-electron chi connectivity index (χ4n) is 3.41. The van der Waals surface area contributed by atoms with Gasteiger partial charge in [-0.1, -0.05) is 31.2 Å². The van der Waals surface area contributed by atoms with Gasteiger partial charge in [-0.05, 0) is 42.5 Å². The molecular weight excluding hydrogens is 304 g/mol. The molecule has 2 aliphatic heterocycles. The van der Waals surface area contributed by atoms with Gasteiger partial charge in [-0.15, -0.1) is 0 Å². The maximum atomic E-state index is 6.25. The number of aryl methyl sites for hydroxylation is 2. The van der Waals surface area contributed by atoms with E-state index in [9.17, 15) is 0 Å². The number of hydrogen-bond acceptors (Lipinski definition) is 4. The quantitative estimate of drug-likeness (QED) is 0.767. The summed E-state index contributed by atoms with van der Waals surface area (Å²) < 4.78 is 23.6. The topological polar surface area (TPSA) is 36.9 Å². The molecule has 2 heterocycles. The molecular formula is C20H22O4. The van der Waals surface area contributed by atoms with Crippen molar-refractivity contribution in [1.29, 1.82) is 0 Å². The molecule has 0 fully saturated rings. The van der Waals surface area contributed by atoms with Crippen LogP contribution < -0.4 is 9.47 Å². The summed E-state index contributed by atoms with van der Waals surface area (Å²) in [4.78, 5) is 0. The molecule has 2 aromatic rings. The van der Waals surface area contributed by atoms with Gasteiger partial charge in [0.15, 0.2) is 0 Å². The molecule has 4 rings (SSSR count). The monoisotopic (exact) mass is 326 g/mol. The van der Waals surface area contributed by atoms with Gasteiger partial charge in [0, 0.05) is 13.7 Å². The molecule has 126 valence electrons. The van der Waals surface area contributed by atoms with Gasteiger partial charge in [-0.2, -0.15) is 0 Å². The molecule has 0 aromatic heterocycles. The average Bonchev–Trinajstić information content (AvgIpc) is 2.62. The third-order valence-electron chi connectivity index (χ3n) is 4.63. The van der Waals surface area contributed by atoms with Crippen LogP contribution in [0, 0.1) is 0 Å². The molecule has 2 unspecified atom stereocenters. The van der Waals surface area contributed by atoms with Crippen molar-refractivity contribution >= 4 is 0 Å². The highest BCUT2D eigenvalue weighted by Crippen LogP contribution is 2.49. The van der Waals surface area contributed by atoms with Gasteiger partial charge >= 0.3 is 0 Å². The first-order chi connectivity index (χ1) is 11.8. The van der Waals surface area contributed by atoms with Gasteiger partial charge in [0.25, 0.3) is 0 Å². The van der Waals surface area contributed by atoms with Crippen LogP contribution in [-0.2, 0) is 22.3 Å². The van der Waals surface area contributed by atoms with E-state index in [0.717, 1.165) is 48.5 Å². The molecule has 0 amide bonds. The third kappa shape index (κ3) is 2.56. The summed E-state index contributed by atoms with van der Waals surface area (Å²) in [5.41, 5.74) is 4.32. The Hall–Kier alpha value is -2.04. The molecule has 4 heteroatoms. The zero-order valence-electron chi connectivity index (χ0n) is 14.1. The summed E-state index contributed by atoms with van der Waals surface area (Å²) in [5.74, 6) is 1.82. The summed E-state index contributed by atoms with van der Waals surface area (Å²) >= 11 is 0. The van der Waals surface area contributed by atoms with Crippen molar-refractivity contribution in [2.75, 3.05) is 13.7 Å². The number of ether oxygens (including phenoxy) is 4. The van der Waals surface area contributed by atoms with E-state index in [1.54, 1.807) is 7.11 Å². The van der Waals surface area contributed by atoms with E-state index in [0.29, 0.717) is 0 Å². The van der Waals surface area contributed by atoms with Crippen LogP contribution in [0.2, 0.25) is 0 Å². The summed E-state index contributed by atoms with van der Waals surface area (Å²) in [5, 5.41) is 0. The largest absolute Gasteiger partial charge is 0.459 e. The SMILES string of the molecule is CCc1cccc2c1OC1OC2Oc2c(CCCOC)cccc21. The molecule has 2 aliphatic rings. The molecule has 2 aromatic carbocycles. The Balaban J connectivity index is 1.69. The van der Waals surface area contributed by atoms with Crippen LogP contribution in [0.1, 0.15) is 48.2 Å². The fraction of sp³-hybridized carbons (Fsp3) is 0.400. The van der Waals surface area contributed by atoms with Gasteiger partial charge < -0.3 is 14.2 Å². The van der Waals surface area contributed by atoms with Gasteiger partial charge in [0.1, 0.15) is 11.5 Å². The first kappa shape index (κ1) is 15.5. The Kier molecular flexibility index (Phi) is 4.17. The minimum Gasteiger partial charge on any atom is -0.459 e. The van der Waals surface area contributed by atoms with E-state index in [1.165, 1.54) is 11.1 Å². The summed E-state index contributed by atoms with van der Waals surface area (Å²) in [6.45, 7) is 2.87. The second kappa shape index (κ2) is 6.46. The normalized spacial score (nSPS) is 20.6.